The number of nitrogens with zero attached hydrogens (tertiary/aromatic N) is 1. The number of hydrogen-bond acceptors (Lipinski definition) is 2. The van der Waals surface area contributed by atoms with Crippen LogP contribution < -0.4 is 0 Å². The molecule has 0 saturated carbocycles. The minimum atomic E-state index is -4.56. The smallest absolute Gasteiger partial charge is 0.433 e. The maximum absolute atomic E-state index is 13.0. The molecule has 21 heavy (non-hydrogen) atoms. The molecule has 0 aliphatic heterocycles. The number of halogens is 3. The first-order chi connectivity index (χ1) is 9.60. The van der Waals surface area contributed by atoms with Gasteiger partial charge in [0.05, 0.1) is 5.69 Å². The lowest BCUT2D eigenvalue weighted by molar-refractivity contribution is -0.141. The molecule has 1 aromatic heterocycles. The van der Waals surface area contributed by atoms with Crippen molar-refractivity contribution in [2.45, 2.75) is 32.4 Å². The van der Waals surface area contributed by atoms with Gasteiger partial charge in [0, 0.05) is 11.0 Å². The first-order valence-corrected chi connectivity index (χ1v) is 6.48. The average Bonchev–Trinajstić information content (AvgIpc) is 2.37. The van der Waals surface area contributed by atoms with Crippen molar-refractivity contribution in [3.63, 3.8) is 0 Å². The number of pyridine rings is 1. The van der Waals surface area contributed by atoms with E-state index in [9.17, 15) is 18.3 Å². The van der Waals surface area contributed by atoms with Gasteiger partial charge in [-0.15, -0.1) is 0 Å². The van der Waals surface area contributed by atoms with Gasteiger partial charge < -0.3 is 5.11 Å². The summed E-state index contributed by atoms with van der Waals surface area (Å²) in [7, 11) is 0. The number of benzene rings is 1. The molecular formula is C16H16F3NO. The van der Waals surface area contributed by atoms with Crippen LogP contribution in [0.15, 0.2) is 36.4 Å². The van der Waals surface area contributed by atoms with Crippen molar-refractivity contribution in [2.24, 2.45) is 0 Å². The monoisotopic (exact) mass is 295 g/mol. The molecule has 2 rings (SSSR count). The molecule has 0 bridgehead atoms. The first-order valence-electron chi connectivity index (χ1n) is 6.48. The van der Waals surface area contributed by atoms with Crippen LogP contribution in [0, 0.1) is 0 Å². The molecule has 2 aromatic rings. The fourth-order valence-electron chi connectivity index (χ4n) is 2.04. The zero-order valence-corrected chi connectivity index (χ0v) is 12.0. The third-order valence-corrected chi connectivity index (χ3v) is 3.08. The van der Waals surface area contributed by atoms with Crippen LogP contribution in [0.4, 0.5) is 13.2 Å². The molecule has 0 aliphatic carbocycles. The van der Waals surface area contributed by atoms with Crippen molar-refractivity contribution in [1.29, 1.82) is 0 Å². The van der Waals surface area contributed by atoms with E-state index in [0.717, 1.165) is 6.07 Å². The van der Waals surface area contributed by atoms with E-state index in [4.69, 9.17) is 0 Å². The summed E-state index contributed by atoms with van der Waals surface area (Å²) in [5.74, 6) is -0.207. The number of aromatic nitrogens is 1. The number of alkyl halides is 3. The Labute approximate surface area is 121 Å². The van der Waals surface area contributed by atoms with E-state index in [-0.39, 0.29) is 17.0 Å². The van der Waals surface area contributed by atoms with Crippen LogP contribution >= 0.6 is 0 Å². The molecule has 0 fully saturated rings. The molecule has 0 atom stereocenters. The predicted octanol–water partition coefficient (Wildman–Crippen LogP) is 4.77. The molecule has 0 unspecified atom stereocenters. The molecule has 5 heteroatoms. The molecule has 1 aromatic carbocycles. The van der Waals surface area contributed by atoms with Crippen LogP contribution in [0.3, 0.4) is 0 Å². The van der Waals surface area contributed by atoms with E-state index in [1.165, 1.54) is 0 Å². The van der Waals surface area contributed by atoms with E-state index >= 15 is 0 Å². The third-order valence-electron chi connectivity index (χ3n) is 3.08. The van der Waals surface area contributed by atoms with Crippen molar-refractivity contribution in [3.8, 4) is 16.9 Å². The lowest BCUT2D eigenvalue weighted by atomic mass is 9.88. The van der Waals surface area contributed by atoms with Gasteiger partial charge in [-0.1, -0.05) is 51.1 Å². The normalized spacial score (nSPS) is 12.5. The van der Waals surface area contributed by atoms with E-state index in [0.29, 0.717) is 5.56 Å². The maximum atomic E-state index is 13.0. The fourth-order valence-corrected chi connectivity index (χ4v) is 2.04. The van der Waals surface area contributed by atoms with Crippen LogP contribution in [-0.2, 0) is 11.6 Å². The van der Waals surface area contributed by atoms with E-state index < -0.39 is 17.3 Å². The van der Waals surface area contributed by atoms with Crippen molar-refractivity contribution in [1.82, 2.24) is 4.98 Å². The largest absolute Gasteiger partial charge is 0.505 e. The molecule has 1 heterocycles. The topological polar surface area (TPSA) is 33.1 Å². The summed E-state index contributed by atoms with van der Waals surface area (Å²) >= 11 is 0. The van der Waals surface area contributed by atoms with Crippen molar-refractivity contribution in [3.05, 3.63) is 47.8 Å². The zero-order chi connectivity index (χ0) is 15.8. The fraction of sp³-hybridized carbons (Fsp3) is 0.312. The quantitative estimate of drug-likeness (QED) is 0.822. The van der Waals surface area contributed by atoms with Crippen LogP contribution in [0.2, 0.25) is 0 Å². The minimum Gasteiger partial charge on any atom is -0.505 e. The minimum absolute atomic E-state index is 0.0381. The van der Waals surface area contributed by atoms with Gasteiger partial charge in [-0.25, -0.2) is 4.98 Å². The van der Waals surface area contributed by atoms with Crippen LogP contribution in [0.5, 0.6) is 5.75 Å². The maximum Gasteiger partial charge on any atom is 0.433 e. The Bertz CT molecular complexity index is 643. The Morgan fingerprint density at radius 2 is 1.57 bits per heavy atom. The summed E-state index contributed by atoms with van der Waals surface area (Å²) in [4.78, 5) is 3.63. The lowest BCUT2D eigenvalue weighted by Gasteiger charge is -2.22. The molecular weight excluding hydrogens is 279 g/mol. The van der Waals surface area contributed by atoms with Crippen molar-refractivity contribution >= 4 is 0 Å². The summed E-state index contributed by atoms with van der Waals surface area (Å²) in [5.41, 5.74) is -0.994. The summed E-state index contributed by atoms with van der Waals surface area (Å²) in [6.07, 6.45) is -4.56. The SMILES string of the molecule is CC(C)(C)c1nc(C(F)(F)F)cc(-c2ccccc2)c1O. The molecule has 2 nitrogen and oxygen atoms in total. The average molecular weight is 295 g/mol. The Morgan fingerprint density at radius 3 is 2.05 bits per heavy atom. The molecule has 1 N–H and O–H groups in total. The highest BCUT2D eigenvalue weighted by Crippen LogP contribution is 2.40. The summed E-state index contributed by atoms with van der Waals surface area (Å²) in [6.45, 7) is 5.14. The Morgan fingerprint density at radius 1 is 1.00 bits per heavy atom. The first kappa shape index (κ1) is 15.4. The molecule has 0 radical (unpaired) electrons. The van der Waals surface area contributed by atoms with Crippen molar-refractivity contribution in [2.75, 3.05) is 0 Å². The van der Waals surface area contributed by atoms with Gasteiger partial charge in [-0.2, -0.15) is 13.2 Å². The highest BCUT2D eigenvalue weighted by Gasteiger charge is 2.36. The predicted molar refractivity (Wildman–Crippen MR) is 75.0 cm³/mol. The molecule has 0 saturated heterocycles. The second-order valence-corrected chi connectivity index (χ2v) is 5.87. The number of hydrogen-bond donors (Lipinski definition) is 1. The summed E-state index contributed by atoms with van der Waals surface area (Å²) < 4.78 is 39.1. The van der Waals surface area contributed by atoms with E-state index in [1.54, 1.807) is 51.1 Å². The molecule has 0 spiro atoms. The van der Waals surface area contributed by atoms with Gasteiger partial charge in [-0.3, -0.25) is 0 Å². The van der Waals surface area contributed by atoms with Gasteiger partial charge >= 0.3 is 6.18 Å². The summed E-state index contributed by atoms with van der Waals surface area (Å²) in [5, 5.41) is 10.3. The van der Waals surface area contributed by atoms with Gasteiger partial charge in [0.2, 0.25) is 0 Å². The number of aromatic hydroxyl groups is 1. The Balaban J connectivity index is 2.76. The number of rotatable bonds is 1. The second-order valence-electron chi connectivity index (χ2n) is 5.87. The Kier molecular flexibility index (Phi) is 3.70. The molecule has 0 amide bonds. The van der Waals surface area contributed by atoms with Crippen LogP contribution in [-0.4, -0.2) is 10.1 Å². The third kappa shape index (κ3) is 3.17. The standard InChI is InChI=1S/C16H16F3NO/c1-15(2,3)14-13(21)11(10-7-5-4-6-8-10)9-12(20-14)16(17,18)19/h4-9,21H,1-3H3. The summed E-state index contributed by atoms with van der Waals surface area (Å²) in [6, 6.07) is 9.37. The zero-order valence-electron chi connectivity index (χ0n) is 12.0. The van der Waals surface area contributed by atoms with Crippen molar-refractivity contribution < 1.29 is 18.3 Å². The van der Waals surface area contributed by atoms with Crippen LogP contribution in [0.1, 0.15) is 32.2 Å². The van der Waals surface area contributed by atoms with Gasteiger partial charge in [0.25, 0.3) is 0 Å². The highest BCUT2D eigenvalue weighted by molar-refractivity contribution is 5.72. The van der Waals surface area contributed by atoms with E-state index in [1.807, 2.05) is 0 Å². The van der Waals surface area contributed by atoms with Gasteiger partial charge in [0.15, 0.2) is 0 Å². The second kappa shape index (κ2) is 5.06. The van der Waals surface area contributed by atoms with Gasteiger partial charge in [-0.05, 0) is 11.6 Å². The van der Waals surface area contributed by atoms with Crippen LogP contribution in [0.25, 0.3) is 11.1 Å². The molecule has 0 aliphatic rings. The molecule has 112 valence electrons. The van der Waals surface area contributed by atoms with E-state index in [2.05, 4.69) is 4.98 Å². The highest BCUT2D eigenvalue weighted by atomic mass is 19.4. The van der Waals surface area contributed by atoms with Gasteiger partial charge in [0.1, 0.15) is 11.4 Å². The Hall–Kier alpha value is -2.04. The lowest BCUT2D eigenvalue weighted by Crippen LogP contribution is -2.18.